The van der Waals surface area contributed by atoms with Crippen molar-refractivity contribution in [1.82, 2.24) is 4.90 Å². The Bertz CT molecular complexity index is 164. The monoisotopic (exact) mass is 235 g/mol. The van der Waals surface area contributed by atoms with Crippen LogP contribution in [0.2, 0.25) is 0 Å². The van der Waals surface area contributed by atoms with Gasteiger partial charge in [0.25, 0.3) is 0 Å². The molecule has 0 unspecified atom stereocenters. The van der Waals surface area contributed by atoms with E-state index in [1.165, 1.54) is 0 Å². The van der Waals surface area contributed by atoms with E-state index in [-0.39, 0.29) is 25.4 Å². The van der Waals surface area contributed by atoms with Crippen LogP contribution in [0.5, 0.6) is 0 Å². The maximum Gasteiger partial charge on any atom is 0.0900 e. The smallest absolute Gasteiger partial charge is 0.0900 e. The second-order valence-electron chi connectivity index (χ2n) is 4.83. The molecule has 0 heterocycles. The summed E-state index contributed by atoms with van der Waals surface area (Å²) in [5.74, 6) is 0. The van der Waals surface area contributed by atoms with Crippen molar-refractivity contribution in [3.8, 4) is 0 Å². The van der Waals surface area contributed by atoms with Crippen LogP contribution in [0, 0.1) is 0 Å². The summed E-state index contributed by atoms with van der Waals surface area (Å²) in [5, 5.41) is 27.3. The van der Waals surface area contributed by atoms with Gasteiger partial charge >= 0.3 is 0 Å². The number of aliphatic hydroxyl groups excluding tert-OH is 3. The third kappa shape index (κ3) is 9.06. The first-order valence-electron chi connectivity index (χ1n) is 5.65. The van der Waals surface area contributed by atoms with Crippen molar-refractivity contribution < 1.29 is 20.1 Å². The quantitative estimate of drug-likeness (QED) is 0.526. The van der Waals surface area contributed by atoms with Crippen LogP contribution in [-0.2, 0) is 4.74 Å². The molecule has 0 aromatic heterocycles. The first kappa shape index (κ1) is 15.8. The van der Waals surface area contributed by atoms with Gasteiger partial charge in [0.05, 0.1) is 31.5 Å². The van der Waals surface area contributed by atoms with Gasteiger partial charge in [-0.2, -0.15) is 0 Å². The molecular formula is C11H25NO4. The first-order valence-corrected chi connectivity index (χ1v) is 5.65. The summed E-state index contributed by atoms with van der Waals surface area (Å²) in [5.41, 5.74) is -0.264. The van der Waals surface area contributed by atoms with Crippen molar-refractivity contribution in [1.29, 1.82) is 0 Å². The zero-order chi connectivity index (χ0) is 12.6. The Labute approximate surface area is 97.6 Å². The Morgan fingerprint density at radius 2 is 1.62 bits per heavy atom. The number of ether oxygens (including phenoxy) is 1. The molecule has 0 bridgehead atoms. The van der Waals surface area contributed by atoms with E-state index < -0.39 is 6.10 Å². The lowest BCUT2D eigenvalue weighted by atomic mass is 10.2. The van der Waals surface area contributed by atoms with E-state index in [1.807, 2.05) is 20.8 Å². The topological polar surface area (TPSA) is 73.2 Å². The van der Waals surface area contributed by atoms with Crippen molar-refractivity contribution in [3.05, 3.63) is 0 Å². The van der Waals surface area contributed by atoms with Gasteiger partial charge in [-0.3, -0.25) is 4.90 Å². The van der Waals surface area contributed by atoms with E-state index in [2.05, 4.69) is 0 Å². The van der Waals surface area contributed by atoms with Crippen LogP contribution in [0.15, 0.2) is 0 Å². The Balaban J connectivity index is 3.85. The summed E-state index contributed by atoms with van der Waals surface area (Å²) in [7, 11) is 0. The summed E-state index contributed by atoms with van der Waals surface area (Å²) >= 11 is 0. The highest BCUT2D eigenvalue weighted by atomic mass is 16.5. The predicted molar refractivity (Wildman–Crippen MR) is 62.3 cm³/mol. The molecule has 0 rings (SSSR count). The normalized spacial score (nSPS) is 14.4. The third-order valence-electron chi connectivity index (χ3n) is 2.01. The molecule has 0 fully saturated rings. The molecule has 5 nitrogen and oxygen atoms in total. The number of nitrogens with zero attached hydrogens (tertiary/aromatic N) is 1. The van der Waals surface area contributed by atoms with E-state index in [4.69, 9.17) is 14.9 Å². The molecule has 0 aromatic rings. The predicted octanol–water partition coefficient (Wildman–Crippen LogP) is -0.551. The average molecular weight is 235 g/mol. The van der Waals surface area contributed by atoms with Gasteiger partial charge in [-0.15, -0.1) is 0 Å². The number of aliphatic hydroxyl groups is 3. The molecule has 1 atom stereocenters. The Kier molecular flexibility index (Phi) is 7.87. The van der Waals surface area contributed by atoms with Crippen LogP contribution in [0.1, 0.15) is 20.8 Å². The first-order chi connectivity index (χ1) is 7.39. The molecule has 0 aliphatic rings. The molecule has 0 amide bonds. The van der Waals surface area contributed by atoms with Crippen LogP contribution in [0.25, 0.3) is 0 Å². The maximum atomic E-state index is 9.71. The highest BCUT2D eigenvalue weighted by Gasteiger charge is 2.15. The zero-order valence-electron chi connectivity index (χ0n) is 10.5. The van der Waals surface area contributed by atoms with E-state index >= 15 is 0 Å². The van der Waals surface area contributed by atoms with Gasteiger partial charge in [0.15, 0.2) is 0 Å². The lowest BCUT2D eigenvalue weighted by Gasteiger charge is -2.26. The van der Waals surface area contributed by atoms with E-state index in [1.54, 1.807) is 4.90 Å². The lowest BCUT2D eigenvalue weighted by molar-refractivity contribution is -0.0574. The molecule has 0 aromatic carbocycles. The summed E-state index contributed by atoms with van der Waals surface area (Å²) in [6.07, 6.45) is -0.600. The molecule has 3 N–H and O–H groups in total. The summed E-state index contributed by atoms with van der Waals surface area (Å²) < 4.78 is 5.45. The zero-order valence-corrected chi connectivity index (χ0v) is 10.5. The fourth-order valence-electron chi connectivity index (χ4n) is 1.27. The van der Waals surface area contributed by atoms with Crippen LogP contribution < -0.4 is 0 Å². The minimum absolute atomic E-state index is 0.0207. The van der Waals surface area contributed by atoms with E-state index in [9.17, 15) is 5.11 Å². The van der Waals surface area contributed by atoms with Crippen molar-refractivity contribution in [2.75, 3.05) is 39.5 Å². The molecule has 0 radical (unpaired) electrons. The molecule has 0 saturated heterocycles. The van der Waals surface area contributed by atoms with Crippen LogP contribution in [0.4, 0.5) is 0 Å². The summed E-state index contributed by atoms with van der Waals surface area (Å²) in [6.45, 7) is 7.39. The molecule has 16 heavy (non-hydrogen) atoms. The van der Waals surface area contributed by atoms with Gasteiger partial charge in [0, 0.05) is 19.6 Å². The van der Waals surface area contributed by atoms with Crippen molar-refractivity contribution >= 4 is 0 Å². The van der Waals surface area contributed by atoms with Gasteiger partial charge < -0.3 is 20.1 Å². The largest absolute Gasteiger partial charge is 0.395 e. The van der Waals surface area contributed by atoms with Crippen LogP contribution >= 0.6 is 0 Å². The highest BCUT2D eigenvalue weighted by Crippen LogP contribution is 2.07. The fourth-order valence-corrected chi connectivity index (χ4v) is 1.27. The molecule has 0 saturated carbocycles. The molecule has 0 aliphatic carbocycles. The molecule has 5 heteroatoms. The maximum absolute atomic E-state index is 9.71. The molecule has 98 valence electrons. The van der Waals surface area contributed by atoms with E-state index in [0.717, 1.165) is 0 Å². The summed E-state index contributed by atoms with van der Waals surface area (Å²) in [6, 6.07) is 0. The van der Waals surface area contributed by atoms with Crippen LogP contribution in [-0.4, -0.2) is 71.4 Å². The fraction of sp³-hybridized carbons (Fsp3) is 1.00. The number of hydrogen-bond acceptors (Lipinski definition) is 5. The van der Waals surface area contributed by atoms with Gasteiger partial charge in [-0.05, 0) is 20.8 Å². The van der Waals surface area contributed by atoms with Gasteiger partial charge in [0.1, 0.15) is 0 Å². The minimum Gasteiger partial charge on any atom is -0.395 e. The standard InChI is InChI=1S/C11H25NO4/c1-11(2,3)16-9-10(15)8-12(4-6-13)5-7-14/h10,13-15H,4-9H2,1-3H3/t10-/m0/s1. The lowest BCUT2D eigenvalue weighted by Crippen LogP contribution is -2.39. The second kappa shape index (κ2) is 7.97. The van der Waals surface area contributed by atoms with Crippen molar-refractivity contribution in [2.24, 2.45) is 0 Å². The average Bonchev–Trinajstić information content (AvgIpc) is 2.14. The second-order valence-corrected chi connectivity index (χ2v) is 4.83. The van der Waals surface area contributed by atoms with Crippen molar-refractivity contribution in [2.45, 2.75) is 32.5 Å². The van der Waals surface area contributed by atoms with E-state index in [0.29, 0.717) is 19.6 Å². The molecule has 0 spiro atoms. The summed E-state index contributed by atoms with van der Waals surface area (Å²) in [4.78, 5) is 1.80. The van der Waals surface area contributed by atoms with Gasteiger partial charge in [-0.1, -0.05) is 0 Å². The number of hydrogen-bond donors (Lipinski definition) is 3. The SMILES string of the molecule is CC(C)(C)OC[C@@H](O)CN(CCO)CCO. The Hall–Kier alpha value is -0.200. The van der Waals surface area contributed by atoms with Gasteiger partial charge in [-0.25, -0.2) is 0 Å². The molecule has 0 aliphatic heterocycles. The molecular weight excluding hydrogens is 210 g/mol. The third-order valence-corrected chi connectivity index (χ3v) is 2.01. The van der Waals surface area contributed by atoms with Crippen LogP contribution in [0.3, 0.4) is 0 Å². The Morgan fingerprint density at radius 3 is 2.00 bits per heavy atom. The van der Waals surface area contributed by atoms with Gasteiger partial charge in [0.2, 0.25) is 0 Å². The highest BCUT2D eigenvalue weighted by molar-refractivity contribution is 4.66. The minimum atomic E-state index is -0.600. The Morgan fingerprint density at radius 1 is 1.12 bits per heavy atom. The van der Waals surface area contributed by atoms with Crippen molar-refractivity contribution in [3.63, 3.8) is 0 Å². The number of rotatable bonds is 8.